The van der Waals surface area contributed by atoms with E-state index in [9.17, 15) is 9.59 Å². The van der Waals surface area contributed by atoms with Crippen LogP contribution in [0.25, 0.3) is 0 Å². The molecule has 1 N–H and O–H groups in total. The van der Waals surface area contributed by atoms with Crippen LogP contribution < -0.4 is 10.1 Å². The van der Waals surface area contributed by atoms with Gasteiger partial charge in [0.1, 0.15) is 12.3 Å². The van der Waals surface area contributed by atoms with Gasteiger partial charge in [-0.25, -0.2) is 4.79 Å². The first-order chi connectivity index (χ1) is 17.5. The highest BCUT2D eigenvalue weighted by atomic mass is 32.1. The quantitative estimate of drug-likeness (QED) is 0.307. The van der Waals surface area contributed by atoms with Crippen molar-refractivity contribution in [2.24, 2.45) is 0 Å². The van der Waals surface area contributed by atoms with E-state index in [0.29, 0.717) is 45.0 Å². The second-order valence-corrected chi connectivity index (χ2v) is 9.42. The van der Waals surface area contributed by atoms with Crippen molar-refractivity contribution in [3.8, 4) is 5.75 Å². The number of aryl methyl sites for hydroxylation is 1. The van der Waals surface area contributed by atoms with Crippen molar-refractivity contribution < 1.29 is 19.1 Å². The lowest BCUT2D eigenvalue weighted by molar-refractivity contribution is -0.133. The van der Waals surface area contributed by atoms with E-state index >= 15 is 0 Å². The van der Waals surface area contributed by atoms with Gasteiger partial charge in [0.05, 0.1) is 13.2 Å². The van der Waals surface area contributed by atoms with E-state index < -0.39 is 0 Å². The number of nitrogens with one attached hydrogen (secondary N) is 1. The smallest absolute Gasteiger partial charge is 0.322 e. The number of carbonyl (C=O) groups is 2. The summed E-state index contributed by atoms with van der Waals surface area (Å²) in [6.45, 7) is 6.41. The molecule has 0 fully saturated rings. The van der Waals surface area contributed by atoms with Crippen LogP contribution in [0.3, 0.4) is 0 Å². The van der Waals surface area contributed by atoms with E-state index in [4.69, 9.17) is 9.47 Å². The summed E-state index contributed by atoms with van der Waals surface area (Å²) in [5, 5.41) is 4.95. The molecule has 192 valence electrons. The van der Waals surface area contributed by atoms with Crippen LogP contribution in [-0.2, 0) is 22.6 Å². The minimum Gasteiger partial charge on any atom is -0.494 e. The minimum absolute atomic E-state index is 0.0240. The fourth-order valence-corrected chi connectivity index (χ4v) is 4.62. The van der Waals surface area contributed by atoms with Crippen molar-refractivity contribution in [2.75, 3.05) is 38.7 Å². The molecular formula is C28H35N3O4S. The fraction of sp³-hybridized carbons (Fsp3) is 0.357. The molecule has 0 unspecified atom stereocenters. The van der Waals surface area contributed by atoms with Crippen LogP contribution in [0.4, 0.5) is 10.5 Å². The molecular weight excluding hydrogens is 474 g/mol. The van der Waals surface area contributed by atoms with Crippen LogP contribution in [0, 0.1) is 6.92 Å². The molecule has 0 spiro atoms. The molecule has 0 saturated heterocycles. The third kappa shape index (κ3) is 8.39. The molecule has 3 rings (SSSR count). The van der Waals surface area contributed by atoms with E-state index in [1.807, 2.05) is 59.7 Å². The van der Waals surface area contributed by atoms with E-state index in [-0.39, 0.29) is 18.5 Å². The highest BCUT2D eigenvalue weighted by molar-refractivity contribution is 7.10. The molecule has 1 aromatic heterocycles. The normalized spacial score (nSPS) is 10.6. The average Bonchev–Trinajstić information content (AvgIpc) is 3.29. The fourth-order valence-electron chi connectivity index (χ4n) is 3.69. The van der Waals surface area contributed by atoms with Gasteiger partial charge in [-0.3, -0.25) is 4.79 Å². The number of thiophene rings is 1. The van der Waals surface area contributed by atoms with Gasteiger partial charge in [0.25, 0.3) is 0 Å². The van der Waals surface area contributed by atoms with Crippen LogP contribution in [-0.4, -0.2) is 55.2 Å². The average molecular weight is 510 g/mol. The molecule has 8 heteroatoms. The van der Waals surface area contributed by atoms with Gasteiger partial charge in [-0.05, 0) is 67.1 Å². The van der Waals surface area contributed by atoms with Crippen molar-refractivity contribution >= 4 is 29.0 Å². The van der Waals surface area contributed by atoms with Crippen LogP contribution in [0.2, 0.25) is 0 Å². The van der Waals surface area contributed by atoms with Crippen molar-refractivity contribution in [1.29, 1.82) is 0 Å². The maximum atomic E-state index is 13.6. The van der Waals surface area contributed by atoms with Gasteiger partial charge in [-0.1, -0.05) is 30.3 Å². The van der Waals surface area contributed by atoms with Gasteiger partial charge in [0.15, 0.2) is 0 Å². The molecule has 1 heterocycles. The van der Waals surface area contributed by atoms with E-state index in [1.54, 1.807) is 35.5 Å². The number of nitrogens with zero attached hydrogens (tertiary/aromatic N) is 2. The molecule has 36 heavy (non-hydrogen) atoms. The number of ether oxygens (including phenoxy) is 2. The maximum absolute atomic E-state index is 13.6. The Kier molecular flexibility index (Phi) is 10.8. The second-order valence-electron chi connectivity index (χ2n) is 8.42. The summed E-state index contributed by atoms with van der Waals surface area (Å²) in [4.78, 5) is 31.3. The van der Waals surface area contributed by atoms with Crippen molar-refractivity contribution in [2.45, 2.75) is 33.4 Å². The number of benzene rings is 2. The predicted molar refractivity (Wildman–Crippen MR) is 144 cm³/mol. The van der Waals surface area contributed by atoms with Crippen LogP contribution in [0.1, 0.15) is 29.3 Å². The Bertz CT molecular complexity index is 1090. The zero-order valence-electron chi connectivity index (χ0n) is 21.2. The number of urea groups is 1. The van der Waals surface area contributed by atoms with E-state index in [1.165, 1.54) is 0 Å². The third-order valence-electron chi connectivity index (χ3n) is 5.68. The summed E-state index contributed by atoms with van der Waals surface area (Å²) in [5.74, 6) is 0.633. The third-order valence-corrected chi connectivity index (χ3v) is 6.69. The predicted octanol–water partition coefficient (Wildman–Crippen LogP) is 5.55. The lowest BCUT2D eigenvalue weighted by Crippen LogP contribution is -2.44. The Morgan fingerprint density at radius 3 is 2.36 bits per heavy atom. The van der Waals surface area contributed by atoms with Gasteiger partial charge in [-0.15, -0.1) is 11.3 Å². The number of amides is 3. The molecule has 0 bridgehead atoms. The summed E-state index contributed by atoms with van der Waals surface area (Å²) < 4.78 is 10.6. The van der Waals surface area contributed by atoms with Gasteiger partial charge >= 0.3 is 6.03 Å². The van der Waals surface area contributed by atoms with E-state index in [2.05, 4.69) is 18.3 Å². The summed E-state index contributed by atoms with van der Waals surface area (Å²) in [6, 6.07) is 18.9. The number of methoxy groups -OCH3 is 1. The second kappa shape index (κ2) is 14.3. The molecule has 2 aromatic carbocycles. The summed E-state index contributed by atoms with van der Waals surface area (Å²) in [7, 11) is 1.63. The zero-order chi connectivity index (χ0) is 25.8. The Hall–Kier alpha value is -3.36. The molecule has 0 aliphatic rings. The van der Waals surface area contributed by atoms with Gasteiger partial charge in [0.2, 0.25) is 5.91 Å². The summed E-state index contributed by atoms with van der Waals surface area (Å²) >= 11 is 1.64. The topological polar surface area (TPSA) is 71.1 Å². The Morgan fingerprint density at radius 1 is 0.972 bits per heavy atom. The van der Waals surface area contributed by atoms with Crippen molar-refractivity contribution in [3.63, 3.8) is 0 Å². The minimum atomic E-state index is -0.324. The molecule has 0 atom stereocenters. The van der Waals surface area contributed by atoms with Crippen LogP contribution in [0.5, 0.6) is 5.75 Å². The lowest BCUT2D eigenvalue weighted by Gasteiger charge is -2.28. The molecule has 3 amide bonds. The van der Waals surface area contributed by atoms with Crippen molar-refractivity contribution in [3.05, 3.63) is 82.0 Å². The lowest BCUT2D eigenvalue weighted by atomic mass is 10.2. The summed E-state index contributed by atoms with van der Waals surface area (Å²) in [5.41, 5.74) is 2.85. The van der Waals surface area contributed by atoms with Gasteiger partial charge in [0, 0.05) is 37.4 Å². The standard InChI is InChI=1S/C28H35N3O4S/c1-4-35-25-13-11-24(12-14-25)29-28(33)30(16-8-17-34-3)21-27(32)31(19-23-9-6-5-7-10-23)20-26-22(2)15-18-36-26/h5-7,9-15,18H,4,8,16-17,19-21H2,1-3H3,(H,29,33). The van der Waals surface area contributed by atoms with E-state index in [0.717, 1.165) is 21.8 Å². The van der Waals surface area contributed by atoms with Crippen LogP contribution in [0.15, 0.2) is 66.0 Å². The highest BCUT2D eigenvalue weighted by Crippen LogP contribution is 2.20. The highest BCUT2D eigenvalue weighted by Gasteiger charge is 2.22. The number of rotatable bonds is 13. The first-order valence-electron chi connectivity index (χ1n) is 12.1. The maximum Gasteiger partial charge on any atom is 0.322 e. The number of anilines is 1. The van der Waals surface area contributed by atoms with Gasteiger partial charge < -0.3 is 24.6 Å². The molecule has 7 nitrogen and oxygen atoms in total. The monoisotopic (exact) mass is 509 g/mol. The first kappa shape index (κ1) is 27.2. The molecule has 0 aliphatic carbocycles. The largest absolute Gasteiger partial charge is 0.494 e. The van der Waals surface area contributed by atoms with Crippen molar-refractivity contribution in [1.82, 2.24) is 9.80 Å². The molecule has 0 radical (unpaired) electrons. The number of carbonyl (C=O) groups excluding carboxylic acids is 2. The van der Waals surface area contributed by atoms with Crippen LogP contribution >= 0.6 is 11.3 Å². The Balaban J connectivity index is 1.74. The Labute approximate surface area is 217 Å². The number of hydrogen-bond donors (Lipinski definition) is 1. The molecule has 0 saturated carbocycles. The molecule has 0 aliphatic heterocycles. The van der Waals surface area contributed by atoms with Gasteiger partial charge in [-0.2, -0.15) is 0 Å². The Morgan fingerprint density at radius 2 is 1.72 bits per heavy atom. The first-order valence-corrected chi connectivity index (χ1v) is 13.0. The SMILES string of the molecule is CCOc1ccc(NC(=O)N(CCCOC)CC(=O)N(Cc2ccccc2)Cc2sccc2C)cc1. The zero-order valence-corrected chi connectivity index (χ0v) is 22.1. The summed E-state index contributed by atoms with van der Waals surface area (Å²) in [6.07, 6.45) is 0.628. The number of hydrogen-bond acceptors (Lipinski definition) is 5. The molecule has 3 aromatic rings.